The number of amides is 1. The van der Waals surface area contributed by atoms with Gasteiger partial charge in [-0.1, -0.05) is 35.9 Å². The van der Waals surface area contributed by atoms with Crippen LogP contribution in [0.2, 0.25) is 5.02 Å². The summed E-state index contributed by atoms with van der Waals surface area (Å²) >= 11 is 5.92. The van der Waals surface area contributed by atoms with Crippen molar-refractivity contribution < 1.29 is 9.53 Å². The topological polar surface area (TPSA) is 82.2 Å². The van der Waals surface area contributed by atoms with Gasteiger partial charge in [0, 0.05) is 31.2 Å². The number of halogens is 1. The number of hydrogen-bond donors (Lipinski definition) is 0. The Bertz CT molecular complexity index is 1340. The van der Waals surface area contributed by atoms with Crippen molar-refractivity contribution in [3.05, 3.63) is 75.8 Å². The standard InChI is InChI=1S/C23H22ClN5O3/c1-27(12-11-15-7-9-17(24)10-8-15)22(30)29-19-14-25-20(26-21(19)28(2)23(29)31)16-5-4-6-18(13-16)32-3/h4-10,13-14H,11-12H2,1-3H3. The lowest BCUT2D eigenvalue weighted by Gasteiger charge is -2.17. The number of methoxy groups -OCH3 is 1. The molecular weight excluding hydrogens is 430 g/mol. The summed E-state index contributed by atoms with van der Waals surface area (Å²) in [5.74, 6) is 1.11. The van der Waals surface area contributed by atoms with Gasteiger partial charge in [0.2, 0.25) is 0 Å². The molecule has 2 aromatic carbocycles. The number of carbonyl (C=O) groups is 1. The number of benzene rings is 2. The minimum atomic E-state index is -0.472. The second-order valence-corrected chi connectivity index (χ2v) is 7.83. The lowest BCUT2D eigenvalue weighted by molar-refractivity contribution is 0.211. The Kier molecular flexibility index (Phi) is 5.96. The molecule has 0 saturated carbocycles. The largest absolute Gasteiger partial charge is 0.497 e. The van der Waals surface area contributed by atoms with E-state index in [0.717, 1.165) is 15.7 Å². The van der Waals surface area contributed by atoms with Crippen LogP contribution in [0.1, 0.15) is 5.56 Å². The van der Waals surface area contributed by atoms with Crippen LogP contribution in [-0.2, 0) is 13.5 Å². The van der Waals surface area contributed by atoms with E-state index >= 15 is 0 Å². The average Bonchev–Trinajstić information content (AvgIpc) is 3.07. The van der Waals surface area contributed by atoms with E-state index in [1.807, 2.05) is 48.5 Å². The molecule has 0 aliphatic carbocycles. The summed E-state index contributed by atoms with van der Waals surface area (Å²) in [6.07, 6.45) is 2.14. The molecule has 4 aromatic rings. The monoisotopic (exact) mass is 451 g/mol. The van der Waals surface area contributed by atoms with Crippen molar-refractivity contribution in [2.45, 2.75) is 6.42 Å². The molecule has 9 heteroatoms. The van der Waals surface area contributed by atoms with Gasteiger partial charge in [-0.05, 0) is 36.2 Å². The van der Waals surface area contributed by atoms with Crippen LogP contribution in [0.4, 0.5) is 4.79 Å². The SMILES string of the molecule is COc1cccc(-c2ncc3c(n2)n(C)c(=O)n3C(=O)N(C)CCc2ccc(Cl)cc2)c1. The predicted octanol–water partition coefficient (Wildman–Crippen LogP) is 3.60. The van der Waals surface area contributed by atoms with Gasteiger partial charge in [0.05, 0.1) is 13.3 Å². The maximum Gasteiger partial charge on any atom is 0.338 e. The van der Waals surface area contributed by atoms with Crippen molar-refractivity contribution in [1.82, 2.24) is 24.0 Å². The Morgan fingerprint density at radius 1 is 1.19 bits per heavy atom. The number of likely N-dealkylation sites (N-methyl/N-ethyl adjacent to an activating group) is 1. The Balaban J connectivity index is 1.63. The smallest absolute Gasteiger partial charge is 0.338 e. The van der Waals surface area contributed by atoms with Gasteiger partial charge < -0.3 is 9.64 Å². The number of imidazole rings is 1. The highest BCUT2D eigenvalue weighted by molar-refractivity contribution is 6.30. The van der Waals surface area contributed by atoms with Crippen LogP contribution in [0.25, 0.3) is 22.6 Å². The number of rotatable bonds is 5. The number of carbonyl (C=O) groups excluding carboxylic acids is 1. The van der Waals surface area contributed by atoms with Crippen molar-refractivity contribution in [1.29, 1.82) is 0 Å². The van der Waals surface area contributed by atoms with E-state index in [0.29, 0.717) is 40.7 Å². The van der Waals surface area contributed by atoms with Gasteiger partial charge in [0.15, 0.2) is 11.5 Å². The first-order chi connectivity index (χ1) is 15.4. The third-order valence-corrected chi connectivity index (χ3v) is 5.53. The summed E-state index contributed by atoms with van der Waals surface area (Å²) in [6.45, 7) is 0.437. The van der Waals surface area contributed by atoms with Crippen LogP contribution in [0.15, 0.2) is 59.5 Å². The summed E-state index contributed by atoms with van der Waals surface area (Å²) in [5, 5.41) is 0.661. The number of fused-ring (bicyclic) bond motifs is 1. The van der Waals surface area contributed by atoms with Crippen LogP contribution in [-0.4, -0.2) is 50.7 Å². The molecule has 4 rings (SSSR count). The van der Waals surface area contributed by atoms with Crippen molar-refractivity contribution in [2.75, 3.05) is 20.7 Å². The Labute approximate surface area is 189 Å². The van der Waals surface area contributed by atoms with Crippen molar-refractivity contribution in [3.8, 4) is 17.1 Å². The molecule has 0 atom stereocenters. The van der Waals surface area contributed by atoms with Crippen LogP contribution in [0.3, 0.4) is 0 Å². The molecule has 8 nitrogen and oxygen atoms in total. The molecule has 2 aromatic heterocycles. The van der Waals surface area contributed by atoms with E-state index in [9.17, 15) is 9.59 Å². The number of aromatic nitrogens is 4. The van der Waals surface area contributed by atoms with Crippen molar-refractivity contribution in [2.24, 2.45) is 7.05 Å². The molecule has 0 aliphatic heterocycles. The van der Waals surface area contributed by atoms with Crippen LogP contribution in [0, 0.1) is 0 Å². The van der Waals surface area contributed by atoms with Gasteiger partial charge in [-0.3, -0.25) is 4.57 Å². The summed E-state index contributed by atoms with van der Waals surface area (Å²) in [5.41, 5.74) is 2.05. The lowest BCUT2D eigenvalue weighted by Crippen LogP contribution is -2.38. The van der Waals surface area contributed by atoms with E-state index in [2.05, 4.69) is 9.97 Å². The molecule has 0 radical (unpaired) electrons. The molecule has 0 spiro atoms. The molecule has 164 valence electrons. The van der Waals surface area contributed by atoms with E-state index in [1.165, 1.54) is 15.7 Å². The quantitative estimate of drug-likeness (QED) is 0.463. The second-order valence-electron chi connectivity index (χ2n) is 7.39. The summed E-state index contributed by atoms with van der Waals surface area (Å²) < 4.78 is 7.71. The molecule has 0 aliphatic rings. The third kappa shape index (κ3) is 4.09. The molecule has 0 fully saturated rings. The van der Waals surface area contributed by atoms with Crippen LogP contribution >= 0.6 is 11.6 Å². The number of hydrogen-bond acceptors (Lipinski definition) is 5. The first-order valence-electron chi connectivity index (χ1n) is 9.98. The maximum atomic E-state index is 13.1. The fraction of sp³-hybridized carbons (Fsp3) is 0.217. The minimum absolute atomic E-state index is 0.354. The number of nitrogens with zero attached hydrogens (tertiary/aromatic N) is 5. The molecule has 0 saturated heterocycles. The summed E-state index contributed by atoms with van der Waals surface area (Å²) in [4.78, 5) is 36.4. The van der Waals surface area contributed by atoms with Gasteiger partial charge >= 0.3 is 11.7 Å². The van der Waals surface area contributed by atoms with Gasteiger partial charge in [-0.2, -0.15) is 0 Å². The zero-order valence-corrected chi connectivity index (χ0v) is 18.7. The Hall–Kier alpha value is -3.65. The van der Waals surface area contributed by atoms with E-state index in [4.69, 9.17) is 16.3 Å². The molecule has 0 bridgehead atoms. The van der Waals surface area contributed by atoms with Gasteiger partial charge in [-0.25, -0.2) is 24.1 Å². The maximum absolute atomic E-state index is 13.1. The lowest BCUT2D eigenvalue weighted by atomic mass is 10.1. The van der Waals surface area contributed by atoms with Gasteiger partial charge in [-0.15, -0.1) is 0 Å². The highest BCUT2D eigenvalue weighted by atomic mass is 35.5. The molecule has 2 heterocycles. The Morgan fingerprint density at radius 3 is 2.66 bits per heavy atom. The molecule has 1 amide bonds. The van der Waals surface area contributed by atoms with E-state index in [-0.39, 0.29) is 0 Å². The van der Waals surface area contributed by atoms with E-state index < -0.39 is 11.7 Å². The van der Waals surface area contributed by atoms with Crippen molar-refractivity contribution in [3.63, 3.8) is 0 Å². The third-order valence-electron chi connectivity index (χ3n) is 5.28. The summed E-state index contributed by atoms with van der Waals surface area (Å²) in [7, 11) is 4.83. The first kappa shape index (κ1) is 21.6. The van der Waals surface area contributed by atoms with Gasteiger partial charge in [0.25, 0.3) is 0 Å². The zero-order chi connectivity index (χ0) is 22.8. The second kappa shape index (κ2) is 8.84. The Morgan fingerprint density at radius 2 is 1.94 bits per heavy atom. The van der Waals surface area contributed by atoms with Crippen LogP contribution < -0.4 is 10.4 Å². The highest BCUT2D eigenvalue weighted by Gasteiger charge is 2.22. The molecule has 32 heavy (non-hydrogen) atoms. The zero-order valence-electron chi connectivity index (χ0n) is 17.9. The summed E-state index contributed by atoms with van der Waals surface area (Å²) in [6, 6.07) is 14.3. The molecule has 0 N–H and O–H groups in total. The molecular formula is C23H22ClN5O3. The van der Waals surface area contributed by atoms with Gasteiger partial charge in [0.1, 0.15) is 11.3 Å². The number of aryl methyl sites for hydroxylation is 1. The van der Waals surface area contributed by atoms with E-state index in [1.54, 1.807) is 21.2 Å². The predicted molar refractivity (Wildman–Crippen MR) is 123 cm³/mol. The first-order valence-corrected chi connectivity index (χ1v) is 10.4. The van der Waals surface area contributed by atoms with Crippen LogP contribution in [0.5, 0.6) is 5.75 Å². The fourth-order valence-corrected chi connectivity index (χ4v) is 3.54. The normalized spacial score (nSPS) is 11.0. The average molecular weight is 452 g/mol. The highest BCUT2D eigenvalue weighted by Crippen LogP contribution is 2.22. The number of ether oxygens (including phenoxy) is 1. The molecule has 0 unspecified atom stereocenters. The minimum Gasteiger partial charge on any atom is -0.497 e. The van der Waals surface area contributed by atoms with Crippen molar-refractivity contribution >= 4 is 28.8 Å². The fourth-order valence-electron chi connectivity index (χ4n) is 3.42.